The zero-order valence-corrected chi connectivity index (χ0v) is 28.0. The van der Waals surface area contributed by atoms with Gasteiger partial charge in [-0.25, -0.2) is 14.4 Å². The van der Waals surface area contributed by atoms with Gasteiger partial charge in [0.25, 0.3) is 0 Å². The fraction of sp³-hybridized carbons (Fsp3) is 0.216. The van der Waals surface area contributed by atoms with Gasteiger partial charge in [-0.3, -0.25) is 4.98 Å². The SMILES string of the molecule is CC(Nc1cc(C(F)(F)F)nc2c(C(F)(F)F)cccc12)c1ccc(F)cc1.FC(F)(F)c1cc(NCCc2ccccn2)c2cccc(C(F)(F)F)c2n1. The quantitative estimate of drug-likeness (QED) is 0.158. The molecule has 0 aliphatic rings. The second-order valence-corrected chi connectivity index (χ2v) is 11.9. The predicted octanol–water partition coefficient (Wildman–Crippen LogP) is 11.9. The van der Waals surface area contributed by atoms with Crippen LogP contribution in [0.25, 0.3) is 21.8 Å². The molecule has 0 saturated carbocycles. The summed E-state index contributed by atoms with van der Waals surface area (Å²) in [6, 6.07) is 17.5. The lowest BCUT2D eigenvalue weighted by atomic mass is 10.0. The van der Waals surface area contributed by atoms with E-state index in [4.69, 9.17) is 0 Å². The maximum Gasteiger partial charge on any atom is 0.433 e. The van der Waals surface area contributed by atoms with Crippen molar-refractivity contribution in [2.45, 2.75) is 44.1 Å². The van der Waals surface area contributed by atoms with Gasteiger partial charge in [-0.2, -0.15) is 52.7 Å². The summed E-state index contributed by atoms with van der Waals surface area (Å²) in [6.07, 6.45) is -17.5. The van der Waals surface area contributed by atoms with Gasteiger partial charge in [0.05, 0.1) is 22.2 Å². The Balaban J connectivity index is 0.000000211. The molecule has 6 aromatic rings. The van der Waals surface area contributed by atoms with Crippen molar-refractivity contribution in [3.05, 3.63) is 137 Å². The number of aromatic nitrogens is 3. The van der Waals surface area contributed by atoms with Crippen molar-refractivity contribution >= 4 is 33.2 Å². The van der Waals surface area contributed by atoms with Gasteiger partial charge in [-0.15, -0.1) is 0 Å². The number of pyridine rings is 3. The maximum atomic E-state index is 13.3. The Labute approximate surface area is 303 Å². The van der Waals surface area contributed by atoms with Crippen LogP contribution in [-0.2, 0) is 31.1 Å². The molecule has 290 valence electrons. The molecule has 0 aliphatic carbocycles. The number of nitrogens with zero attached hydrogens (tertiary/aromatic N) is 3. The second-order valence-electron chi connectivity index (χ2n) is 11.9. The summed E-state index contributed by atoms with van der Waals surface area (Å²) in [5, 5.41) is 5.43. The normalized spacial score (nSPS) is 13.0. The van der Waals surface area contributed by atoms with Gasteiger partial charge in [0.15, 0.2) is 0 Å². The van der Waals surface area contributed by atoms with Crippen LogP contribution in [0, 0.1) is 5.82 Å². The van der Waals surface area contributed by atoms with E-state index in [1.165, 1.54) is 36.4 Å². The van der Waals surface area contributed by atoms with Crippen LogP contribution < -0.4 is 10.6 Å². The van der Waals surface area contributed by atoms with Crippen LogP contribution in [0.2, 0.25) is 0 Å². The first-order valence-corrected chi connectivity index (χ1v) is 15.9. The Morgan fingerprint density at radius 1 is 0.582 bits per heavy atom. The predicted molar refractivity (Wildman–Crippen MR) is 178 cm³/mol. The number of rotatable bonds is 7. The summed E-state index contributed by atoms with van der Waals surface area (Å²) < 4.78 is 172. The molecular weight excluding hydrogens is 761 g/mol. The fourth-order valence-electron chi connectivity index (χ4n) is 5.45. The number of hydrogen-bond donors (Lipinski definition) is 2. The molecule has 5 nitrogen and oxygen atoms in total. The number of halogens is 13. The molecular formula is C37H26F13N5. The van der Waals surface area contributed by atoms with E-state index < -0.39 is 70.1 Å². The van der Waals surface area contributed by atoms with Gasteiger partial charge in [0, 0.05) is 53.0 Å². The molecule has 0 saturated heterocycles. The summed E-state index contributed by atoms with van der Waals surface area (Å²) in [5.74, 6) is -0.487. The molecule has 3 aromatic heterocycles. The molecule has 0 bridgehead atoms. The fourth-order valence-corrected chi connectivity index (χ4v) is 5.45. The maximum absolute atomic E-state index is 13.3. The van der Waals surface area contributed by atoms with Crippen LogP contribution in [0.4, 0.5) is 68.5 Å². The summed E-state index contributed by atoms with van der Waals surface area (Å²) in [7, 11) is 0. The molecule has 3 heterocycles. The van der Waals surface area contributed by atoms with E-state index in [1.54, 1.807) is 31.3 Å². The number of fused-ring (bicyclic) bond motifs is 2. The standard InChI is InChI=1S/C19H13F7N2.C18H13F6N3/c1-10(11-5-7-12(20)8-6-11)27-15-9-16(19(24,25)26)28-17-13(15)3-2-4-14(17)18(21,22)23;19-17(20,21)13-6-3-5-12-14(10-15(18(22,23)24)27-16(12)13)26-9-7-11-4-1-2-8-25-11/h2-10H,1H3,(H,27,28);1-6,8,10H,7,9H2,(H,26,27). The van der Waals surface area contributed by atoms with Gasteiger partial charge in [0.2, 0.25) is 0 Å². The van der Waals surface area contributed by atoms with Crippen molar-refractivity contribution in [1.29, 1.82) is 0 Å². The molecule has 1 atom stereocenters. The van der Waals surface area contributed by atoms with E-state index in [9.17, 15) is 57.1 Å². The van der Waals surface area contributed by atoms with E-state index in [0.29, 0.717) is 35.9 Å². The molecule has 3 aromatic carbocycles. The van der Waals surface area contributed by atoms with E-state index in [-0.39, 0.29) is 28.7 Å². The van der Waals surface area contributed by atoms with E-state index >= 15 is 0 Å². The van der Waals surface area contributed by atoms with Crippen LogP contribution in [0.1, 0.15) is 46.7 Å². The average Bonchev–Trinajstić information content (AvgIpc) is 3.10. The Morgan fingerprint density at radius 2 is 1.09 bits per heavy atom. The number of alkyl halides is 12. The van der Waals surface area contributed by atoms with Crippen LogP contribution in [-0.4, -0.2) is 21.5 Å². The summed E-state index contributed by atoms with van der Waals surface area (Å²) in [4.78, 5) is 10.6. The van der Waals surface area contributed by atoms with Crippen molar-refractivity contribution in [3.8, 4) is 0 Å². The minimum atomic E-state index is -4.93. The first-order valence-electron chi connectivity index (χ1n) is 15.9. The summed E-state index contributed by atoms with van der Waals surface area (Å²) in [5.41, 5.74) is -5.78. The third kappa shape index (κ3) is 9.90. The monoisotopic (exact) mass is 787 g/mol. The van der Waals surface area contributed by atoms with Crippen molar-refractivity contribution in [2.75, 3.05) is 17.2 Å². The molecule has 0 fully saturated rings. The topological polar surface area (TPSA) is 62.7 Å². The largest absolute Gasteiger partial charge is 0.433 e. The summed E-state index contributed by atoms with van der Waals surface area (Å²) in [6.45, 7) is 1.80. The smallest absolute Gasteiger partial charge is 0.384 e. The van der Waals surface area contributed by atoms with Gasteiger partial charge in [-0.05, 0) is 61.0 Å². The van der Waals surface area contributed by atoms with Crippen LogP contribution in [0.15, 0.2) is 97.2 Å². The molecule has 0 aliphatic heterocycles. The van der Waals surface area contributed by atoms with Gasteiger partial charge < -0.3 is 10.6 Å². The first-order chi connectivity index (χ1) is 25.6. The van der Waals surface area contributed by atoms with Crippen molar-refractivity contribution < 1.29 is 57.1 Å². The zero-order valence-electron chi connectivity index (χ0n) is 28.0. The number of nitrogens with one attached hydrogen (secondary N) is 2. The van der Waals surface area contributed by atoms with Crippen LogP contribution >= 0.6 is 0 Å². The van der Waals surface area contributed by atoms with Gasteiger partial charge in [-0.1, -0.05) is 42.5 Å². The molecule has 0 radical (unpaired) electrons. The highest BCUT2D eigenvalue weighted by Crippen LogP contribution is 2.41. The van der Waals surface area contributed by atoms with Crippen molar-refractivity contribution in [2.24, 2.45) is 0 Å². The lowest BCUT2D eigenvalue weighted by molar-refractivity contribution is -0.142. The van der Waals surface area contributed by atoms with Crippen LogP contribution in [0.5, 0.6) is 0 Å². The van der Waals surface area contributed by atoms with Gasteiger partial charge >= 0.3 is 24.7 Å². The van der Waals surface area contributed by atoms with E-state index in [0.717, 1.165) is 18.2 Å². The highest BCUT2D eigenvalue weighted by molar-refractivity contribution is 5.95. The number of anilines is 2. The third-order valence-corrected chi connectivity index (χ3v) is 8.04. The molecule has 0 spiro atoms. The number of para-hydroxylation sites is 2. The Kier molecular flexibility index (Phi) is 11.5. The average molecular weight is 788 g/mol. The van der Waals surface area contributed by atoms with E-state index in [2.05, 4.69) is 25.6 Å². The third-order valence-electron chi connectivity index (χ3n) is 8.04. The van der Waals surface area contributed by atoms with Crippen LogP contribution in [0.3, 0.4) is 0 Å². The Morgan fingerprint density at radius 3 is 1.56 bits per heavy atom. The highest BCUT2D eigenvalue weighted by Gasteiger charge is 2.39. The molecule has 2 N–H and O–H groups in total. The first kappa shape index (κ1) is 40.5. The summed E-state index contributed by atoms with van der Waals surface area (Å²) >= 11 is 0. The minimum Gasteiger partial charge on any atom is -0.384 e. The Hall–Kier alpha value is -5.68. The van der Waals surface area contributed by atoms with Gasteiger partial charge in [0.1, 0.15) is 17.2 Å². The highest BCUT2D eigenvalue weighted by atomic mass is 19.4. The molecule has 1 unspecified atom stereocenters. The molecule has 6 rings (SSSR count). The number of hydrogen-bond acceptors (Lipinski definition) is 5. The molecule has 0 amide bonds. The zero-order chi connectivity index (χ0) is 40.3. The van der Waals surface area contributed by atoms with E-state index in [1.807, 2.05) is 0 Å². The molecule has 55 heavy (non-hydrogen) atoms. The Bertz CT molecular complexity index is 2250. The minimum absolute atomic E-state index is 0.0288. The van der Waals surface area contributed by atoms with Crippen molar-refractivity contribution in [1.82, 2.24) is 15.0 Å². The lowest BCUT2D eigenvalue weighted by Crippen LogP contribution is -2.14. The second kappa shape index (κ2) is 15.6. The molecule has 18 heteroatoms. The number of benzene rings is 3. The van der Waals surface area contributed by atoms with Crippen molar-refractivity contribution in [3.63, 3.8) is 0 Å². The lowest BCUT2D eigenvalue weighted by Gasteiger charge is -2.20.